The molecule has 0 N–H and O–H groups in total. The molecular weight excluding hydrogens is 452 g/mol. The number of hydrogen-bond donors (Lipinski definition) is 0. The van der Waals surface area contributed by atoms with Crippen LogP contribution in [0, 0.1) is 20.8 Å². The van der Waals surface area contributed by atoms with Crippen molar-refractivity contribution in [3.63, 3.8) is 0 Å². The average molecular weight is 481 g/mol. The predicted molar refractivity (Wildman–Crippen MR) is 132 cm³/mol. The number of methoxy groups -OCH3 is 1. The van der Waals surface area contributed by atoms with E-state index in [4.69, 9.17) is 16.3 Å². The molecule has 1 saturated heterocycles. The van der Waals surface area contributed by atoms with E-state index in [1.54, 1.807) is 18.1 Å². The Labute approximate surface area is 204 Å². The molecule has 0 saturated carbocycles. The van der Waals surface area contributed by atoms with Crippen LogP contribution in [0.15, 0.2) is 42.5 Å². The first kappa shape index (κ1) is 23.8. The van der Waals surface area contributed by atoms with E-state index in [1.807, 2.05) is 66.8 Å². The standard InChI is InChI=1S/C26H29ClN4O3/c1-17-5-6-20(15-24(17)34-4)26(33)30-13-11-29(12-14-30)25(32)16-23-18(2)28-31(19(23)3)22-9-7-21(27)8-10-22/h5-10,15H,11-14,16H2,1-4H3. The summed E-state index contributed by atoms with van der Waals surface area (Å²) < 4.78 is 7.19. The Bertz CT molecular complexity index is 1210. The predicted octanol–water partition coefficient (Wildman–Crippen LogP) is 3.99. The van der Waals surface area contributed by atoms with E-state index in [9.17, 15) is 9.59 Å². The van der Waals surface area contributed by atoms with Gasteiger partial charge in [-0.3, -0.25) is 9.59 Å². The second-order valence-electron chi connectivity index (χ2n) is 8.57. The summed E-state index contributed by atoms with van der Waals surface area (Å²) in [6, 6.07) is 13.0. The number of amides is 2. The van der Waals surface area contributed by atoms with Crippen molar-refractivity contribution in [1.82, 2.24) is 19.6 Å². The molecule has 178 valence electrons. The Morgan fingerprint density at radius 2 is 1.62 bits per heavy atom. The number of carbonyl (C=O) groups excluding carboxylic acids is 2. The maximum Gasteiger partial charge on any atom is 0.254 e. The van der Waals surface area contributed by atoms with Crippen molar-refractivity contribution in [1.29, 1.82) is 0 Å². The third kappa shape index (κ3) is 4.80. The van der Waals surface area contributed by atoms with Gasteiger partial charge in [-0.05, 0) is 62.7 Å². The Balaban J connectivity index is 1.40. The molecule has 34 heavy (non-hydrogen) atoms. The third-order valence-corrected chi connectivity index (χ3v) is 6.67. The highest BCUT2D eigenvalue weighted by Gasteiger charge is 2.26. The largest absolute Gasteiger partial charge is 0.496 e. The van der Waals surface area contributed by atoms with Gasteiger partial charge >= 0.3 is 0 Å². The van der Waals surface area contributed by atoms with Gasteiger partial charge in [0.2, 0.25) is 5.91 Å². The van der Waals surface area contributed by atoms with E-state index in [2.05, 4.69) is 5.10 Å². The van der Waals surface area contributed by atoms with Crippen LogP contribution in [0.2, 0.25) is 5.02 Å². The van der Waals surface area contributed by atoms with Crippen molar-refractivity contribution in [3.8, 4) is 11.4 Å². The number of aryl methyl sites for hydroxylation is 2. The number of piperazine rings is 1. The molecule has 1 aliphatic rings. The number of ether oxygens (including phenoxy) is 1. The van der Waals surface area contributed by atoms with Crippen molar-refractivity contribution < 1.29 is 14.3 Å². The van der Waals surface area contributed by atoms with Gasteiger partial charge in [0.1, 0.15) is 5.75 Å². The number of carbonyl (C=O) groups is 2. The van der Waals surface area contributed by atoms with Gasteiger partial charge in [0.05, 0.1) is 24.9 Å². The van der Waals surface area contributed by atoms with Crippen molar-refractivity contribution in [2.24, 2.45) is 0 Å². The SMILES string of the molecule is COc1cc(C(=O)N2CCN(C(=O)Cc3c(C)nn(-c4ccc(Cl)cc4)c3C)CC2)ccc1C. The summed E-state index contributed by atoms with van der Waals surface area (Å²) in [5, 5.41) is 5.30. The highest BCUT2D eigenvalue weighted by Crippen LogP contribution is 2.22. The van der Waals surface area contributed by atoms with E-state index in [0.29, 0.717) is 42.5 Å². The molecule has 0 spiro atoms. The van der Waals surface area contributed by atoms with Gasteiger partial charge in [-0.1, -0.05) is 17.7 Å². The smallest absolute Gasteiger partial charge is 0.254 e. The first-order valence-electron chi connectivity index (χ1n) is 11.3. The van der Waals surface area contributed by atoms with Crippen LogP contribution in [0.5, 0.6) is 5.75 Å². The van der Waals surface area contributed by atoms with Crippen molar-refractivity contribution in [3.05, 3.63) is 75.6 Å². The molecule has 0 radical (unpaired) electrons. The highest BCUT2D eigenvalue weighted by molar-refractivity contribution is 6.30. The van der Waals surface area contributed by atoms with Gasteiger partial charge < -0.3 is 14.5 Å². The van der Waals surface area contributed by atoms with Crippen LogP contribution in [0.1, 0.15) is 32.9 Å². The normalized spacial score (nSPS) is 13.8. The average Bonchev–Trinajstić information content (AvgIpc) is 3.12. The molecule has 1 aromatic heterocycles. The van der Waals surface area contributed by atoms with Crippen molar-refractivity contribution in [2.45, 2.75) is 27.2 Å². The number of halogens is 1. The van der Waals surface area contributed by atoms with Gasteiger partial charge in [0.25, 0.3) is 5.91 Å². The topological polar surface area (TPSA) is 67.7 Å². The molecule has 8 heteroatoms. The van der Waals surface area contributed by atoms with Gasteiger partial charge in [-0.25, -0.2) is 4.68 Å². The molecule has 2 aromatic carbocycles. The summed E-state index contributed by atoms with van der Waals surface area (Å²) in [7, 11) is 1.60. The Morgan fingerprint density at radius 3 is 2.26 bits per heavy atom. The summed E-state index contributed by atoms with van der Waals surface area (Å²) >= 11 is 6.00. The van der Waals surface area contributed by atoms with Crippen LogP contribution < -0.4 is 4.74 Å². The van der Waals surface area contributed by atoms with Crippen LogP contribution in [0.4, 0.5) is 0 Å². The van der Waals surface area contributed by atoms with Gasteiger partial charge in [-0.15, -0.1) is 0 Å². The quantitative estimate of drug-likeness (QED) is 0.554. The summed E-state index contributed by atoms with van der Waals surface area (Å²) in [4.78, 5) is 29.6. The lowest BCUT2D eigenvalue weighted by molar-refractivity contribution is -0.131. The van der Waals surface area contributed by atoms with Crippen LogP contribution in [-0.2, 0) is 11.2 Å². The minimum atomic E-state index is -0.0404. The number of nitrogens with zero attached hydrogens (tertiary/aromatic N) is 4. The monoisotopic (exact) mass is 480 g/mol. The summed E-state index contributed by atoms with van der Waals surface area (Å²) in [6.45, 7) is 7.87. The number of hydrogen-bond acceptors (Lipinski definition) is 4. The summed E-state index contributed by atoms with van der Waals surface area (Å²) in [5.41, 5.74) is 5.20. The molecule has 2 heterocycles. The summed E-state index contributed by atoms with van der Waals surface area (Å²) in [5.74, 6) is 0.705. The molecule has 2 amide bonds. The zero-order valence-electron chi connectivity index (χ0n) is 20.0. The highest BCUT2D eigenvalue weighted by atomic mass is 35.5. The second-order valence-corrected chi connectivity index (χ2v) is 9.01. The molecule has 7 nitrogen and oxygen atoms in total. The fraction of sp³-hybridized carbons (Fsp3) is 0.346. The molecule has 4 rings (SSSR count). The molecule has 0 atom stereocenters. The fourth-order valence-electron chi connectivity index (χ4n) is 4.32. The van der Waals surface area contributed by atoms with E-state index in [-0.39, 0.29) is 18.2 Å². The van der Waals surface area contributed by atoms with Crippen LogP contribution in [0.25, 0.3) is 5.69 Å². The molecular formula is C26H29ClN4O3. The number of aromatic nitrogens is 2. The molecule has 1 aliphatic heterocycles. The lowest BCUT2D eigenvalue weighted by Gasteiger charge is -2.35. The minimum absolute atomic E-state index is 0.0404. The fourth-order valence-corrected chi connectivity index (χ4v) is 4.45. The Morgan fingerprint density at radius 1 is 0.971 bits per heavy atom. The maximum atomic E-state index is 13.1. The Hall–Kier alpha value is -3.32. The van der Waals surface area contributed by atoms with Gasteiger partial charge in [0.15, 0.2) is 0 Å². The lowest BCUT2D eigenvalue weighted by atomic mass is 10.1. The first-order valence-corrected chi connectivity index (χ1v) is 11.7. The van der Waals surface area contributed by atoms with Crippen LogP contribution in [-0.4, -0.2) is 64.7 Å². The van der Waals surface area contributed by atoms with E-state index in [0.717, 1.165) is 28.2 Å². The number of benzene rings is 2. The third-order valence-electron chi connectivity index (χ3n) is 6.41. The van der Waals surface area contributed by atoms with Crippen LogP contribution in [0.3, 0.4) is 0 Å². The van der Waals surface area contributed by atoms with Crippen molar-refractivity contribution in [2.75, 3.05) is 33.3 Å². The molecule has 0 unspecified atom stereocenters. The zero-order valence-corrected chi connectivity index (χ0v) is 20.7. The molecule has 0 aliphatic carbocycles. The lowest BCUT2D eigenvalue weighted by Crippen LogP contribution is -2.51. The first-order chi connectivity index (χ1) is 16.3. The zero-order chi connectivity index (χ0) is 24.4. The second kappa shape index (κ2) is 9.89. The van der Waals surface area contributed by atoms with E-state index in [1.165, 1.54) is 0 Å². The Kier molecular flexibility index (Phi) is 6.93. The molecule has 1 fully saturated rings. The van der Waals surface area contributed by atoms with Gasteiger partial charge in [0, 0.05) is 48.0 Å². The van der Waals surface area contributed by atoms with E-state index < -0.39 is 0 Å². The number of rotatable bonds is 5. The molecule has 0 bridgehead atoms. The molecule has 3 aromatic rings. The van der Waals surface area contributed by atoms with Crippen LogP contribution >= 0.6 is 11.6 Å². The van der Waals surface area contributed by atoms with E-state index >= 15 is 0 Å². The minimum Gasteiger partial charge on any atom is -0.496 e. The maximum absolute atomic E-state index is 13.1. The summed E-state index contributed by atoms with van der Waals surface area (Å²) in [6.07, 6.45) is 0.286. The van der Waals surface area contributed by atoms with Crippen molar-refractivity contribution >= 4 is 23.4 Å². The van der Waals surface area contributed by atoms with Gasteiger partial charge in [-0.2, -0.15) is 5.10 Å².